The van der Waals surface area contributed by atoms with Gasteiger partial charge in [-0.25, -0.2) is 17.8 Å². The van der Waals surface area contributed by atoms with Crippen LogP contribution in [0, 0.1) is 17.7 Å². The number of halogens is 1. The van der Waals surface area contributed by atoms with E-state index >= 15 is 0 Å². The first-order valence-electron chi connectivity index (χ1n) is 11.3. The highest BCUT2D eigenvalue weighted by molar-refractivity contribution is 7.92. The van der Waals surface area contributed by atoms with E-state index in [4.69, 9.17) is 0 Å². The molecule has 4 rings (SSSR count). The molecule has 1 amide bonds. The number of fused-ring (bicyclic) bond motifs is 1. The topological polar surface area (TPSA) is 104 Å². The quantitative estimate of drug-likeness (QED) is 0.459. The molecule has 7 nitrogen and oxygen atoms in total. The zero-order valence-corrected chi connectivity index (χ0v) is 19.4. The Morgan fingerprint density at radius 3 is 2.64 bits per heavy atom. The summed E-state index contributed by atoms with van der Waals surface area (Å²) in [6.07, 6.45) is 4.24. The highest BCUT2D eigenvalue weighted by Gasteiger charge is 2.27. The molecule has 1 aliphatic carbocycles. The second kappa shape index (κ2) is 9.91. The van der Waals surface area contributed by atoms with Gasteiger partial charge >= 0.3 is 0 Å². The van der Waals surface area contributed by atoms with Crippen molar-refractivity contribution in [1.29, 1.82) is 0 Å². The maximum atomic E-state index is 13.7. The third-order valence-electron chi connectivity index (χ3n) is 6.29. The van der Waals surface area contributed by atoms with Crippen molar-refractivity contribution >= 4 is 32.7 Å². The van der Waals surface area contributed by atoms with Crippen LogP contribution >= 0.6 is 0 Å². The minimum absolute atomic E-state index is 0.0116. The second-order valence-corrected chi connectivity index (χ2v) is 10.7. The lowest BCUT2D eigenvalue weighted by molar-refractivity contribution is -0.126. The summed E-state index contributed by atoms with van der Waals surface area (Å²) in [6.45, 7) is 1.80. The van der Waals surface area contributed by atoms with Gasteiger partial charge in [-0.3, -0.25) is 9.52 Å². The number of carbonyl (C=O) groups excluding carboxylic acids is 1. The summed E-state index contributed by atoms with van der Waals surface area (Å²) in [6, 6.07) is 11.8. The van der Waals surface area contributed by atoms with Crippen LogP contribution in [0.4, 0.5) is 10.1 Å². The van der Waals surface area contributed by atoms with E-state index in [1.807, 2.05) is 0 Å². The predicted octanol–water partition coefficient (Wildman–Crippen LogP) is 4.13. The number of hydrogen-bond acceptors (Lipinski definition) is 4. The third-order valence-corrected chi connectivity index (χ3v) is 7.60. The van der Waals surface area contributed by atoms with Gasteiger partial charge < -0.3 is 10.3 Å². The molecule has 9 heteroatoms. The molecule has 0 spiro atoms. The molecule has 0 bridgehead atoms. The van der Waals surface area contributed by atoms with E-state index in [0.717, 1.165) is 49.0 Å². The van der Waals surface area contributed by atoms with Crippen LogP contribution in [0.3, 0.4) is 0 Å². The zero-order valence-electron chi connectivity index (χ0n) is 18.6. The van der Waals surface area contributed by atoms with Gasteiger partial charge in [0.05, 0.1) is 22.5 Å². The number of amides is 1. The number of aromatic nitrogens is 2. The van der Waals surface area contributed by atoms with Crippen molar-refractivity contribution in [2.75, 3.05) is 10.5 Å². The number of nitrogens with one attached hydrogen (secondary N) is 3. The molecule has 176 valence electrons. The maximum Gasteiger partial charge on any atom is 0.232 e. The third kappa shape index (κ3) is 5.90. The molecule has 0 radical (unpaired) electrons. The second-order valence-electron chi connectivity index (χ2n) is 8.65. The number of rotatable bonds is 8. The lowest BCUT2D eigenvalue weighted by Gasteiger charge is -2.27. The first-order chi connectivity index (χ1) is 15.8. The van der Waals surface area contributed by atoms with Crippen molar-refractivity contribution < 1.29 is 17.6 Å². The van der Waals surface area contributed by atoms with Gasteiger partial charge in [0, 0.05) is 24.4 Å². The summed E-state index contributed by atoms with van der Waals surface area (Å²) in [5.74, 6) is 0.957. The number of hydrogen-bond donors (Lipinski definition) is 3. The molecule has 0 unspecified atom stereocenters. The fraction of sp³-hybridized carbons (Fsp3) is 0.417. The lowest BCUT2D eigenvalue weighted by atomic mass is 9.80. The number of nitrogens with zero attached hydrogens (tertiary/aromatic N) is 1. The Labute approximate surface area is 193 Å². The highest BCUT2D eigenvalue weighted by atomic mass is 32.2. The summed E-state index contributed by atoms with van der Waals surface area (Å²) < 4.78 is 39.9. The standard InChI is InChI=1S/C24H29FN4O3S/c1-2-33(31,32)29-19-11-12-21-22(14-19)28-23(27-21)13-16-7-9-17(10-8-16)24(30)26-15-18-5-3-4-6-20(18)25/h3-6,11-12,14,16-17,29H,2,7-10,13,15H2,1H3,(H,26,30)(H,27,28). The Hall–Kier alpha value is -2.94. The van der Waals surface area contributed by atoms with Crippen LogP contribution < -0.4 is 10.0 Å². The number of benzene rings is 2. The van der Waals surface area contributed by atoms with Gasteiger partial charge in [-0.05, 0) is 62.8 Å². The molecule has 3 aromatic rings. The number of H-pyrrole nitrogens is 1. The SMILES string of the molecule is CCS(=O)(=O)Nc1ccc2nc(CC3CCC(C(=O)NCc4ccccc4F)CC3)[nH]c2c1. The zero-order chi connectivity index (χ0) is 23.4. The van der Waals surface area contributed by atoms with Crippen molar-refractivity contribution in [2.24, 2.45) is 11.8 Å². The monoisotopic (exact) mass is 472 g/mol. The Morgan fingerprint density at radius 2 is 1.91 bits per heavy atom. The van der Waals surface area contributed by atoms with Crippen LogP contribution in [-0.2, 0) is 27.8 Å². The minimum Gasteiger partial charge on any atom is -0.352 e. The van der Waals surface area contributed by atoms with Crippen molar-refractivity contribution in [2.45, 2.75) is 45.6 Å². The predicted molar refractivity (Wildman–Crippen MR) is 127 cm³/mol. The molecule has 2 aromatic carbocycles. The number of anilines is 1. The average Bonchev–Trinajstić information content (AvgIpc) is 3.20. The van der Waals surface area contributed by atoms with Crippen LogP contribution in [-0.4, -0.2) is 30.0 Å². The number of carbonyl (C=O) groups is 1. The molecular weight excluding hydrogens is 443 g/mol. The smallest absolute Gasteiger partial charge is 0.232 e. The van der Waals surface area contributed by atoms with Crippen LogP contribution in [0.15, 0.2) is 42.5 Å². The number of aromatic amines is 1. The molecule has 1 aliphatic rings. The largest absolute Gasteiger partial charge is 0.352 e. The summed E-state index contributed by atoms with van der Waals surface area (Å²) in [5, 5.41) is 2.87. The molecule has 1 fully saturated rings. The summed E-state index contributed by atoms with van der Waals surface area (Å²) in [7, 11) is -3.33. The van der Waals surface area contributed by atoms with E-state index in [2.05, 4.69) is 20.0 Å². The van der Waals surface area contributed by atoms with E-state index in [1.165, 1.54) is 6.07 Å². The molecule has 3 N–H and O–H groups in total. The van der Waals surface area contributed by atoms with E-state index in [-0.39, 0.29) is 29.9 Å². The van der Waals surface area contributed by atoms with Gasteiger partial charge in [-0.15, -0.1) is 0 Å². The average molecular weight is 473 g/mol. The first-order valence-corrected chi connectivity index (χ1v) is 13.0. The van der Waals surface area contributed by atoms with Crippen LogP contribution in [0.2, 0.25) is 0 Å². The minimum atomic E-state index is -3.33. The van der Waals surface area contributed by atoms with Gasteiger partial charge in [0.15, 0.2) is 0 Å². The van der Waals surface area contributed by atoms with Crippen LogP contribution in [0.1, 0.15) is 44.0 Å². The van der Waals surface area contributed by atoms with Gasteiger partial charge in [-0.2, -0.15) is 0 Å². The molecule has 0 saturated heterocycles. The summed E-state index contributed by atoms with van der Waals surface area (Å²) in [5.41, 5.74) is 2.60. The maximum absolute atomic E-state index is 13.7. The molecule has 1 saturated carbocycles. The van der Waals surface area contributed by atoms with E-state index < -0.39 is 10.0 Å². The van der Waals surface area contributed by atoms with E-state index in [9.17, 15) is 17.6 Å². The first kappa shape index (κ1) is 23.2. The van der Waals surface area contributed by atoms with Crippen molar-refractivity contribution in [3.63, 3.8) is 0 Å². The summed E-state index contributed by atoms with van der Waals surface area (Å²) in [4.78, 5) is 20.5. The van der Waals surface area contributed by atoms with E-state index in [1.54, 1.807) is 43.3 Å². The fourth-order valence-electron chi connectivity index (χ4n) is 4.34. The highest BCUT2D eigenvalue weighted by Crippen LogP contribution is 2.31. The Bertz CT molecular complexity index is 1230. The molecule has 1 aromatic heterocycles. The normalized spacial score (nSPS) is 18.8. The molecule has 1 heterocycles. The Balaban J connectivity index is 1.29. The lowest BCUT2D eigenvalue weighted by Crippen LogP contribution is -2.33. The van der Waals surface area contributed by atoms with Gasteiger partial charge in [0.25, 0.3) is 0 Å². The number of sulfonamides is 1. The van der Waals surface area contributed by atoms with Crippen molar-refractivity contribution in [3.05, 3.63) is 59.7 Å². The van der Waals surface area contributed by atoms with Gasteiger partial charge in [-0.1, -0.05) is 18.2 Å². The number of imidazole rings is 1. The molecule has 0 atom stereocenters. The Kier molecular flexibility index (Phi) is 6.97. The Morgan fingerprint density at radius 1 is 1.15 bits per heavy atom. The molecule has 33 heavy (non-hydrogen) atoms. The van der Waals surface area contributed by atoms with Crippen molar-refractivity contribution in [1.82, 2.24) is 15.3 Å². The molecular formula is C24H29FN4O3S. The van der Waals surface area contributed by atoms with Crippen LogP contribution in [0.25, 0.3) is 11.0 Å². The van der Waals surface area contributed by atoms with Gasteiger partial charge in [0.2, 0.25) is 15.9 Å². The molecule has 0 aliphatic heterocycles. The summed E-state index contributed by atoms with van der Waals surface area (Å²) >= 11 is 0. The fourth-order valence-corrected chi connectivity index (χ4v) is 4.98. The van der Waals surface area contributed by atoms with Crippen molar-refractivity contribution in [3.8, 4) is 0 Å². The van der Waals surface area contributed by atoms with Crippen LogP contribution in [0.5, 0.6) is 0 Å². The van der Waals surface area contributed by atoms with E-state index in [0.29, 0.717) is 17.2 Å². The van der Waals surface area contributed by atoms with Gasteiger partial charge in [0.1, 0.15) is 11.6 Å².